The van der Waals surface area contributed by atoms with Crippen molar-refractivity contribution >= 4 is 34.2 Å². The number of aromatic nitrogens is 7. The minimum atomic E-state index is -0.523. The van der Waals surface area contributed by atoms with Gasteiger partial charge in [0.2, 0.25) is 0 Å². The number of pyridine rings is 1. The van der Waals surface area contributed by atoms with Crippen molar-refractivity contribution in [2.45, 2.75) is 18.4 Å². The number of hydrogen-bond donors (Lipinski definition) is 3. The number of carbonyl (C=O) groups excluding carboxylic acids is 1. The number of nitrogens with two attached hydrogens (primary N) is 1. The Morgan fingerprint density at radius 1 is 1.20 bits per heavy atom. The number of anilines is 1. The Morgan fingerprint density at radius 2 is 2.06 bits per heavy atom. The highest BCUT2D eigenvalue weighted by atomic mass is 35.5. The zero-order valence-corrected chi connectivity index (χ0v) is 19.4. The number of nitrogens with one attached hydrogen (secondary N) is 2. The van der Waals surface area contributed by atoms with Crippen LogP contribution in [0.25, 0.3) is 33.5 Å². The molecular weight excluding hydrogens is 466 g/mol. The summed E-state index contributed by atoms with van der Waals surface area (Å²) in [6, 6.07) is 11.1. The Balaban J connectivity index is 1.47. The van der Waals surface area contributed by atoms with Crippen LogP contribution in [-0.4, -0.2) is 40.8 Å². The SMILES string of the molecule is Cn1ccc(-c2nc(N)c(C(=O)NC3(c4ccccn4)CC3)nc2-c2cc(Cl)c3[nH]ncc3c2)n1. The molecule has 4 N–H and O–H groups in total. The maximum absolute atomic E-state index is 13.4. The number of hydrogen-bond acceptors (Lipinski definition) is 7. The molecule has 1 aromatic carbocycles. The Morgan fingerprint density at radius 3 is 2.77 bits per heavy atom. The van der Waals surface area contributed by atoms with Crippen LogP contribution in [-0.2, 0) is 12.6 Å². The summed E-state index contributed by atoms with van der Waals surface area (Å²) >= 11 is 6.50. The average molecular weight is 486 g/mol. The maximum Gasteiger partial charge on any atom is 0.274 e. The molecule has 0 aliphatic heterocycles. The van der Waals surface area contributed by atoms with Crippen LogP contribution in [0.15, 0.2) is 55.0 Å². The molecule has 35 heavy (non-hydrogen) atoms. The summed E-state index contributed by atoms with van der Waals surface area (Å²) < 4.78 is 1.66. The number of nitrogens with zero attached hydrogens (tertiary/aromatic N) is 6. The summed E-state index contributed by atoms with van der Waals surface area (Å²) in [5.74, 6) is -0.401. The molecule has 0 unspecified atom stereocenters. The predicted molar refractivity (Wildman–Crippen MR) is 131 cm³/mol. The van der Waals surface area contributed by atoms with Gasteiger partial charge in [0.1, 0.15) is 11.4 Å². The number of amides is 1. The first-order chi connectivity index (χ1) is 16.9. The average Bonchev–Trinajstić information content (AvgIpc) is 3.24. The molecule has 11 heteroatoms. The molecule has 174 valence electrons. The molecule has 0 spiro atoms. The molecule has 1 saturated carbocycles. The third-order valence-corrected chi connectivity index (χ3v) is 6.42. The predicted octanol–water partition coefficient (Wildman–Crippen LogP) is 3.47. The van der Waals surface area contributed by atoms with E-state index in [1.165, 1.54) is 0 Å². The van der Waals surface area contributed by atoms with Gasteiger partial charge in [0.15, 0.2) is 11.5 Å². The second-order valence-corrected chi connectivity index (χ2v) is 8.98. The van der Waals surface area contributed by atoms with Crippen molar-refractivity contribution in [3.8, 4) is 22.6 Å². The van der Waals surface area contributed by atoms with Crippen molar-refractivity contribution in [1.82, 2.24) is 40.2 Å². The number of rotatable bonds is 5. The normalized spacial score (nSPS) is 14.2. The van der Waals surface area contributed by atoms with Gasteiger partial charge in [0, 0.05) is 30.4 Å². The maximum atomic E-state index is 13.4. The molecule has 4 aromatic heterocycles. The fourth-order valence-corrected chi connectivity index (χ4v) is 4.45. The summed E-state index contributed by atoms with van der Waals surface area (Å²) in [5, 5.41) is 15.8. The first-order valence-electron chi connectivity index (χ1n) is 11.0. The van der Waals surface area contributed by atoms with Crippen molar-refractivity contribution in [3.05, 3.63) is 71.4 Å². The van der Waals surface area contributed by atoms with Crippen molar-refractivity contribution in [1.29, 1.82) is 0 Å². The van der Waals surface area contributed by atoms with Crippen LogP contribution in [0.1, 0.15) is 29.0 Å². The van der Waals surface area contributed by atoms with E-state index < -0.39 is 11.4 Å². The quantitative estimate of drug-likeness (QED) is 0.346. The Kier molecular flexibility index (Phi) is 4.78. The number of carbonyl (C=O) groups is 1. The minimum absolute atomic E-state index is 0.0132. The lowest BCUT2D eigenvalue weighted by atomic mass is 10.1. The van der Waals surface area contributed by atoms with Crippen LogP contribution < -0.4 is 11.1 Å². The highest BCUT2D eigenvalue weighted by molar-refractivity contribution is 6.35. The van der Waals surface area contributed by atoms with Gasteiger partial charge in [-0.05, 0) is 43.2 Å². The number of benzene rings is 1. The van der Waals surface area contributed by atoms with Gasteiger partial charge in [0.25, 0.3) is 5.91 Å². The summed E-state index contributed by atoms with van der Waals surface area (Å²) in [5.41, 5.74) is 9.42. The minimum Gasteiger partial charge on any atom is -0.382 e. The number of nitrogen functional groups attached to an aromatic ring is 1. The first kappa shape index (κ1) is 21.2. The summed E-state index contributed by atoms with van der Waals surface area (Å²) in [7, 11) is 1.81. The molecule has 1 fully saturated rings. The van der Waals surface area contributed by atoms with E-state index in [-0.39, 0.29) is 11.5 Å². The third-order valence-electron chi connectivity index (χ3n) is 6.13. The zero-order chi connectivity index (χ0) is 24.2. The number of halogens is 1. The molecule has 1 aliphatic rings. The number of aryl methyl sites for hydroxylation is 1. The Bertz CT molecular complexity index is 1590. The number of aromatic amines is 1. The van der Waals surface area contributed by atoms with Crippen LogP contribution in [0.4, 0.5) is 5.82 Å². The van der Waals surface area contributed by atoms with Gasteiger partial charge in [-0.15, -0.1) is 0 Å². The van der Waals surface area contributed by atoms with E-state index in [0.29, 0.717) is 33.2 Å². The smallest absolute Gasteiger partial charge is 0.274 e. The van der Waals surface area contributed by atoms with Gasteiger partial charge in [-0.1, -0.05) is 17.7 Å². The highest BCUT2D eigenvalue weighted by Gasteiger charge is 2.47. The number of H-pyrrole nitrogens is 1. The lowest BCUT2D eigenvalue weighted by molar-refractivity contribution is 0.0925. The molecule has 5 aromatic rings. The van der Waals surface area contributed by atoms with Crippen molar-refractivity contribution in [3.63, 3.8) is 0 Å². The monoisotopic (exact) mass is 485 g/mol. The molecule has 0 saturated heterocycles. The molecule has 0 atom stereocenters. The van der Waals surface area contributed by atoms with Crippen molar-refractivity contribution in [2.75, 3.05) is 5.73 Å². The molecule has 0 radical (unpaired) electrons. The third kappa shape index (κ3) is 3.68. The fraction of sp³-hybridized carbons (Fsp3) is 0.167. The van der Waals surface area contributed by atoms with Gasteiger partial charge in [0.05, 0.1) is 33.7 Å². The topological polar surface area (TPSA) is 140 Å². The Hall–Kier alpha value is -4.31. The van der Waals surface area contributed by atoms with E-state index in [0.717, 1.165) is 23.9 Å². The van der Waals surface area contributed by atoms with E-state index in [1.54, 1.807) is 29.3 Å². The standard InChI is InChI=1S/C24H20ClN9O/c1-34-9-5-16(33-34)20-19(13-10-14-12-28-32-18(14)15(25)11-13)29-21(22(26)30-20)23(35)31-24(6-7-24)17-4-2-3-8-27-17/h2-5,8-12H,6-7H2,1H3,(H2,26,30)(H,28,32)(H,31,35). The summed E-state index contributed by atoms with van der Waals surface area (Å²) in [6.07, 6.45) is 6.76. The zero-order valence-electron chi connectivity index (χ0n) is 18.7. The van der Waals surface area contributed by atoms with Crippen LogP contribution in [0.3, 0.4) is 0 Å². The molecule has 0 bridgehead atoms. The molecule has 1 aliphatic carbocycles. The van der Waals surface area contributed by atoms with Crippen LogP contribution in [0.5, 0.6) is 0 Å². The van der Waals surface area contributed by atoms with Gasteiger partial charge >= 0.3 is 0 Å². The first-order valence-corrected chi connectivity index (χ1v) is 11.4. The molecule has 6 rings (SSSR count). The Labute approximate surface area is 204 Å². The van der Waals surface area contributed by atoms with Gasteiger partial charge < -0.3 is 11.1 Å². The second kappa shape index (κ2) is 7.88. The van der Waals surface area contributed by atoms with E-state index in [1.807, 2.05) is 37.4 Å². The molecule has 4 heterocycles. The van der Waals surface area contributed by atoms with Gasteiger partial charge in [-0.3, -0.25) is 19.6 Å². The van der Waals surface area contributed by atoms with Crippen LogP contribution >= 0.6 is 11.6 Å². The second-order valence-electron chi connectivity index (χ2n) is 8.57. The van der Waals surface area contributed by atoms with Crippen molar-refractivity contribution in [2.24, 2.45) is 7.05 Å². The van der Waals surface area contributed by atoms with E-state index in [2.05, 4.69) is 30.6 Å². The van der Waals surface area contributed by atoms with Gasteiger partial charge in [-0.2, -0.15) is 10.2 Å². The lowest BCUT2D eigenvalue weighted by Crippen LogP contribution is -2.36. The lowest BCUT2D eigenvalue weighted by Gasteiger charge is -2.18. The van der Waals surface area contributed by atoms with Crippen molar-refractivity contribution < 1.29 is 4.79 Å². The molecule has 1 amide bonds. The number of fused-ring (bicyclic) bond motifs is 1. The fourth-order valence-electron chi connectivity index (χ4n) is 4.18. The van der Waals surface area contributed by atoms with E-state index in [9.17, 15) is 4.79 Å². The van der Waals surface area contributed by atoms with Crippen LogP contribution in [0, 0.1) is 0 Å². The summed E-state index contributed by atoms with van der Waals surface area (Å²) in [4.78, 5) is 27.1. The highest BCUT2D eigenvalue weighted by Crippen LogP contribution is 2.45. The van der Waals surface area contributed by atoms with E-state index >= 15 is 0 Å². The summed E-state index contributed by atoms with van der Waals surface area (Å²) in [6.45, 7) is 0. The van der Waals surface area contributed by atoms with Gasteiger partial charge in [-0.25, -0.2) is 9.97 Å². The molecular formula is C24H20ClN9O. The van der Waals surface area contributed by atoms with Crippen LogP contribution in [0.2, 0.25) is 5.02 Å². The molecule has 10 nitrogen and oxygen atoms in total. The van der Waals surface area contributed by atoms with E-state index in [4.69, 9.17) is 22.3 Å². The largest absolute Gasteiger partial charge is 0.382 e.